The summed E-state index contributed by atoms with van der Waals surface area (Å²) in [5.74, 6) is -2.50. The molecule has 7 rings (SSSR count). The minimum absolute atomic E-state index is 0.0365. The van der Waals surface area contributed by atoms with Gasteiger partial charge in [0.15, 0.2) is 18.9 Å². The summed E-state index contributed by atoms with van der Waals surface area (Å²) in [7, 11) is 0. The Labute approximate surface area is 375 Å². The van der Waals surface area contributed by atoms with E-state index in [1.54, 1.807) is 0 Å². The van der Waals surface area contributed by atoms with E-state index >= 15 is 0 Å². The number of hydrogen-bond acceptors (Lipinski definition) is 9. The molecule has 4 atom stereocenters. The molecule has 332 valence electrons. The van der Waals surface area contributed by atoms with Gasteiger partial charge in [-0.2, -0.15) is 0 Å². The molecular formula is C53H55NO10. The number of carboxylic acid groups (broad SMARTS) is 1. The smallest absolute Gasteiger partial charge is 0.414 e. The molecule has 1 heterocycles. The molecule has 0 aromatic heterocycles. The third-order valence-corrected chi connectivity index (χ3v) is 11.0. The second kappa shape index (κ2) is 24.2. The normalized spacial score (nSPS) is 17.4. The Kier molecular flexibility index (Phi) is 17.4. The first-order valence-electron chi connectivity index (χ1n) is 21.5. The quantitative estimate of drug-likeness (QED) is 0.0661. The summed E-state index contributed by atoms with van der Waals surface area (Å²) in [6, 6.07) is 56.5. The molecule has 2 amide bonds. The lowest BCUT2D eigenvalue weighted by molar-refractivity contribution is -0.310. The zero-order valence-corrected chi connectivity index (χ0v) is 35.9. The SMILES string of the molecule is CC(=O)N(C(=O)O)[C@@H]1C(C(OCc2ccccc2)OCc2ccccc2)OC[C@H](C(OCc2ccccc2)OCc2ccccc2)[C@@H]1C(OCc1ccccc1)OCc1ccccc1. The van der Waals surface area contributed by atoms with Crippen molar-refractivity contribution >= 4 is 12.0 Å². The second-order valence-electron chi connectivity index (χ2n) is 15.6. The van der Waals surface area contributed by atoms with Crippen LogP contribution in [0.2, 0.25) is 0 Å². The molecule has 11 heteroatoms. The topological polar surface area (TPSA) is 122 Å². The molecule has 11 nitrogen and oxygen atoms in total. The van der Waals surface area contributed by atoms with Crippen molar-refractivity contribution in [1.29, 1.82) is 0 Å². The van der Waals surface area contributed by atoms with Gasteiger partial charge in [-0.25, -0.2) is 9.69 Å². The van der Waals surface area contributed by atoms with Crippen LogP contribution in [0, 0.1) is 11.8 Å². The van der Waals surface area contributed by atoms with Gasteiger partial charge in [0.2, 0.25) is 5.91 Å². The molecule has 0 radical (unpaired) electrons. The van der Waals surface area contributed by atoms with Crippen LogP contribution in [-0.2, 0) is 77.6 Å². The molecule has 64 heavy (non-hydrogen) atoms. The minimum atomic E-state index is -1.49. The highest BCUT2D eigenvalue weighted by atomic mass is 16.7. The lowest BCUT2D eigenvalue weighted by Gasteiger charge is -2.50. The van der Waals surface area contributed by atoms with Crippen LogP contribution in [0.25, 0.3) is 0 Å². The van der Waals surface area contributed by atoms with Crippen LogP contribution in [0.1, 0.15) is 40.3 Å². The first kappa shape index (κ1) is 46.0. The van der Waals surface area contributed by atoms with Crippen LogP contribution in [0.15, 0.2) is 182 Å². The molecule has 6 aromatic carbocycles. The average Bonchev–Trinajstić information content (AvgIpc) is 3.33. The highest BCUT2D eigenvalue weighted by molar-refractivity contribution is 5.90. The molecule has 6 aromatic rings. The van der Waals surface area contributed by atoms with Crippen molar-refractivity contribution in [3.8, 4) is 0 Å². The third kappa shape index (κ3) is 13.3. The first-order chi connectivity index (χ1) is 31.4. The van der Waals surface area contributed by atoms with Crippen molar-refractivity contribution in [3.05, 3.63) is 215 Å². The first-order valence-corrected chi connectivity index (χ1v) is 21.5. The van der Waals surface area contributed by atoms with Crippen molar-refractivity contribution in [1.82, 2.24) is 4.90 Å². The summed E-state index contributed by atoms with van der Waals surface area (Å²) in [6.45, 7) is 1.93. The predicted molar refractivity (Wildman–Crippen MR) is 240 cm³/mol. The number of hydrogen-bond donors (Lipinski definition) is 1. The van der Waals surface area contributed by atoms with Gasteiger partial charge in [0.25, 0.3) is 0 Å². The van der Waals surface area contributed by atoms with E-state index in [-0.39, 0.29) is 46.2 Å². The summed E-state index contributed by atoms with van der Waals surface area (Å²) in [6.07, 6.45) is -6.03. The van der Waals surface area contributed by atoms with Gasteiger partial charge >= 0.3 is 6.09 Å². The van der Waals surface area contributed by atoms with Gasteiger partial charge in [0.05, 0.1) is 52.3 Å². The number of amides is 2. The number of ether oxygens (including phenoxy) is 7. The standard InChI is InChI=1S/C53H55NO10/c1-39(55)54(53(56)57)48-47(51(61-34-42-24-12-4-13-25-42)62-35-43-26-14-5-15-27-43)46(50(59-32-40-20-8-2-9-21-40)60-33-41-22-10-3-11-23-41)38-58-49(48)52(63-36-44-28-16-6-17-29-44)64-37-45-30-18-7-19-31-45/h2-31,46-52H,32-38H2,1H3,(H,56,57)/t46-,47-,48-,49?/m0/s1. The van der Waals surface area contributed by atoms with E-state index in [9.17, 15) is 14.7 Å². The van der Waals surface area contributed by atoms with E-state index in [4.69, 9.17) is 33.2 Å². The van der Waals surface area contributed by atoms with Crippen molar-refractivity contribution in [2.45, 2.75) is 77.6 Å². The van der Waals surface area contributed by atoms with E-state index in [1.807, 2.05) is 182 Å². The predicted octanol–water partition coefficient (Wildman–Crippen LogP) is 9.79. The van der Waals surface area contributed by atoms with Crippen LogP contribution in [-0.4, -0.2) is 59.6 Å². The molecule has 1 aliphatic rings. The monoisotopic (exact) mass is 865 g/mol. The number of nitrogens with zero attached hydrogens (tertiary/aromatic N) is 1. The molecule has 0 spiro atoms. The van der Waals surface area contributed by atoms with Crippen LogP contribution in [0.4, 0.5) is 4.79 Å². The van der Waals surface area contributed by atoms with Crippen molar-refractivity contribution < 1.29 is 47.9 Å². The number of carbonyl (C=O) groups is 2. The molecule has 0 saturated carbocycles. The maximum absolute atomic E-state index is 13.9. The van der Waals surface area contributed by atoms with Crippen molar-refractivity contribution in [2.75, 3.05) is 6.61 Å². The van der Waals surface area contributed by atoms with Crippen LogP contribution in [0.3, 0.4) is 0 Å². The summed E-state index contributed by atoms with van der Waals surface area (Å²) < 4.78 is 47.1. The Morgan fingerprint density at radius 3 is 1.05 bits per heavy atom. The Hall–Kier alpha value is -6.02. The number of carbonyl (C=O) groups excluding carboxylic acids is 1. The van der Waals surface area contributed by atoms with Gasteiger partial charge in [0, 0.05) is 18.8 Å². The second-order valence-corrected chi connectivity index (χ2v) is 15.6. The molecular weight excluding hydrogens is 811 g/mol. The van der Waals surface area contributed by atoms with Gasteiger partial charge in [-0.3, -0.25) is 4.79 Å². The van der Waals surface area contributed by atoms with E-state index in [1.165, 1.54) is 6.92 Å². The Bertz CT molecular complexity index is 2110. The van der Waals surface area contributed by atoms with E-state index in [0.29, 0.717) is 0 Å². The maximum Gasteiger partial charge on any atom is 0.414 e. The van der Waals surface area contributed by atoms with E-state index in [0.717, 1.165) is 38.3 Å². The van der Waals surface area contributed by atoms with Gasteiger partial charge in [-0.1, -0.05) is 182 Å². The minimum Gasteiger partial charge on any atom is -0.465 e. The van der Waals surface area contributed by atoms with Crippen LogP contribution < -0.4 is 0 Å². The van der Waals surface area contributed by atoms with Gasteiger partial charge < -0.3 is 38.3 Å². The van der Waals surface area contributed by atoms with Gasteiger partial charge in [-0.05, 0) is 33.4 Å². The lowest BCUT2D eigenvalue weighted by Crippen LogP contribution is -2.66. The van der Waals surface area contributed by atoms with E-state index in [2.05, 4.69) is 0 Å². The fraction of sp³-hybridized carbons (Fsp3) is 0.283. The van der Waals surface area contributed by atoms with Gasteiger partial charge in [-0.15, -0.1) is 0 Å². The number of rotatable bonds is 22. The van der Waals surface area contributed by atoms with Crippen LogP contribution in [0.5, 0.6) is 0 Å². The third-order valence-electron chi connectivity index (χ3n) is 11.0. The van der Waals surface area contributed by atoms with Gasteiger partial charge in [0.1, 0.15) is 6.10 Å². The molecule has 1 N–H and O–H groups in total. The molecule has 0 aliphatic carbocycles. The summed E-state index contributed by atoms with van der Waals surface area (Å²) in [4.78, 5) is 28.3. The molecule has 1 saturated heterocycles. The Balaban J connectivity index is 1.35. The van der Waals surface area contributed by atoms with Crippen LogP contribution >= 0.6 is 0 Å². The molecule has 1 fully saturated rings. The zero-order chi connectivity index (χ0) is 44.4. The Morgan fingerprint density at radius 1 is 0.484 bits per heavy atom. The van der Waals surface area contributed by atoms with Crippen molar-refractivity contribution in [2.24, 2.45) is 11.8 Å². The fourth-order valence-corrected chi connectivity index (χ4v) is 7.88. The summed E-state index contributed by atoms with van der Waals surface area (Å²) >= 11 is 0. The number of benzene rings is 6. The van der Waals surface area contributed by atoms with Crippen molar-refractivity contribution in [3.63, 3.8) is 0 Å². The molecule has 1 aliphatic heterocycles. The lowest BCUT2D eigenvalue weighted by atomic mass is 9.78. The fourth-order valence-electron chi connectivity index (χ4n) is 7.88. The summed E-state index contributed by atoms with van der Waals surface area (Å²) in [5.41, 5.74) is 5.24. The molecule has 0 bridgehead atoms. The Morgan fingerprint density at radius 2 is 0.766 bits per heavy atom. The number of imide groups is 1. The summed E-state index contributed by atoms with van der Waals surface area (Å²) in [5, 5.41) is 11.1. The average molecular weight is 866 g/mol. The maximum atomic E-state index is 13.9. The zero-order valence-electron chi connectivity index (χ0n) is 35.9. The molecule has 1 unspecified atom stereocenters. The van der Waals surface area contributed by atoms with E-state index < -0.39 is 54.9 Å². The highest BCUT2D eigenvalue weighted by Crippen LogP contribution is 2.41. The largest absolute Gasteiger partial charge is 0.465 e. The highest BCUT2D eigenvalue weighted by Gasteiger charge is 2.56.